The zero-order valence-corrected chi connectivity index (χ0v) is 8.93. The number of aromatic amines is 1. The van der Waals surface area contributed by atoms with Gasteiger partial charge < -0.3 is 16.2 Å². The molecule has 0 saturated heterocycles. The van der Waals surface area contributed by atoms with Crippen molar-refractivity contribution in [2.45, 2.75) is 6.92 Å². The lowest BCUT2D eigenvalue weighted by molar-refractivity contribution is 0.0690. The van der Waals surface area contributed by atoms with Gasteiger partial charge in [0.05, 0.1) is 0 Å². The van der Waals surface area contributed by atoms with Crippen LogP contribution in [0, 0.1) is 6.92 Å². The number of aromatic nitrogens is 4. The molecule has 0 aliphatic carbocycles. The molecule has 88 valence electrons. The molecule has 0 bridgehead atoms. The Morgan fingerprint density at radius 1 is 1.41 bits per heavy atom. The molecule has 0 fully saturated rings. The van der Waals surface area contributed by atoms with Gasteiger partial charge in [0.25, 0.3) is 0 Å². The van der Waals surface area contributed by atoms with E-state index in [1.54, 1.807) is 6.07 Å². The Labute approximate surface area is 95.9 Å². The van der Waals surface area contributed by atoms with Crippen molar-refractivity contribution >= 4 is 23.6 Å². The first-order valence-corrected chi connectivity index (χ1v) is 4.71. The van der Waals surface area contributed by atoms with Gasteiger partial charge in [0.2, 0.25) is 5.95 Å². The molecule has 0 saturated carbocycles. The largest absolute Gasteiger partial charge is 0.477 e. The molecule has 0 atom stereocenters. The summed E-state index contributed by atoms with van der Waals surface area (Å²) in [7, 11) is 0. The van der Waals surface area contributed by atoms with E-state index in [-0.39, 0.29) is 17.5 Å². The maximum atomic E-state index is 10.8. The summed E-state index contributed by atoms with van der Waals surface area (Å²) in [4.78, 5) is 18.2. The fourth-order valence-corrected chi connectivity index (χ4v) is 1.25. The highest BCUT2D eigenvalue weighted by molar-refractivity contribution is 5.86. The van der Waals surface area contributed by atoms with Gasteiger partial charge in [-0.3, -0.25) is 5.10 Å². The third kappa shape index (κ3) is 2.48. The lowest BCUT2D eigenvalue weighted by Gasteiger charge is -2.03. The monoisotopic (exact) mass is 234 g/mol. The summed E-state index contributed by atoms with van der Waals surface area (Å²) in [6, 6.07) is 3.03. The second-order valence-electron chi connectivity index (χ2n) is 3.36. The van der Waals surface area contributed by atoms with Crippen LogP contribution in [0.3, 0.4) is 0 Å². The van der Waals surface area contributed by atoms with Gasteiger partial charge in [0.15, 0.2) is 11.5 Å². The number of H-pyrrole nitrogens is 1. The van der Waals surface area contributed by atoms with Crippen molar-refractivity contribution in [2.24, 2.45) is 0 Å². The summed E-state index contributed by atoms with van der Waals surface area (Å²) in [5, 5.41) is 18.3. The third-order valence-corrected chi connectivity index (χ3v) is 1.92. The van der Waals surface area contributed by atoms with E-state index in [0.29, 0.717) is 5.82 Å². The van der Waals surface area contributed by atoms with E-state index >= 15 is 0 Å². The summed E-state index contributed by atoms with van der Waals surface area (Å²) >= 11 is 0. The molecule has 2 aromatic heterocycles. The highest BCUT2D eigenvalue weighted by Crippen LogP contribution is 2.14. The Bertz CT molecular complexity index is 564. The fourth-order valence-electron chi connectivity index (χ4n) is 1.25. The molecule has 8 nitrogen and oxygen atoms in total. The van der Waals surface area contributed by atoms with Crippen molar-refractivity contribution < 1.29 is 9.90 Å². The SMILES string of the molecule is Cc1cc(Nc2cc(C(=O)O)nc(N)n2)n[nH]1. The second kappa shape index (κ2) is 4.08. The van der Waals surface area contributed by atoms with Crippen molar-refractivity contribution in [3.05, 3.63) is 23.5 Å². The van der Waals surface area contributed by atoms with Crippen LogP contribution in [0.5, 0.6) is 0 Å². The van der Waals surface area contributed by atoms with Gasteiger partial charge in [0.1, 0.15) is 5.82 Å². The highest BCUT2D eigenvalue weighted by Gasteiger charge is 2.09. The minimum absolute atomic E-state index is 0.111. The van der Waals surface area contributed by atoms with E-state index < -0.39 is 5.97 Å². The number of aryl methyl sites for hydroxylation is 1. The molecule has 0 aliphatic rings. The highest BCUT2D eigenvalue weighted by atomic mass is 16.4. The minimum atomic E-state index is -1.17. The van der Waals surface area contributed by atoms with Crippen LogP contribution in [0.25, 0.3) is 0 Å². The molecule has 0 amide bonds. The standard InChI is InChI=1S/C9H10N6O2/c1-4-2-7(15-14-4)12-6-3-5(8(16)17)11-9(10)13-6/h2-3H,1H3,(H,16,17)(H4,10,11,12,13,14,15). The summed E-state index contributed by atoms with van der Waals surface area (Å²) in [6.07, 6.45) is 0. The van der Waals surface area contributed by atoms with Crippen molar-refractivity contribution in [3.8, 4) is 0 Å². The van der Waals surface area contributed by atoms with Crippen LogP contribution in [0.4, 0.5) is 17.6 Å². The van der Waals surface area contributed by atoms with E-state index in [1.165, 1.54) is 6.07 Å². The lowest BCUT2D eigenvalue weighted by atomic mass is 10.4. The average Bonchev–Trinajstić information content (AvgIpc) is 2.63. The molecule has 2 aromatic rings. The molecular weight excluding hydrogens is 224 g/mol. The van der Waals surface area contributed by atoms with Gasteiger partial charge >= 0.3 is 5.97 Å². The Hall–Kier alpha value is -2.64. The zero-order valence-electron chi connectivity index (χ0n) is 8.93. The van der Waals surface area contributed by atoms with Crippen molar-refractivity contribution in [1.29, 1.82) is 0 Å². The number of carbonyl (C=O) groups is 1. The van der Waals surface area contributed by atoms with Crippen molar-refractivity contribution in [3.63, 3.8) is 0 Å². The van der Waals surface area contributed by atoms with Gasteiger partial charge in [0, 0.05) is 17.8 Å². The molecule has 2 rings (SSSR count). The van der Waals surface area contributed by atoms with Gasteiger partial charge in [-0.2, -0.15) is 10.1 Å². The first-order valence-electron chi connectivity index (χ1n) is 4.71. The number of nitrogen functional groups attached to an aromatic ring is 1. The minimum Gasteiger partial charge on any atom is -0.477 e. The maximum Gasteiger partial charge on any atom is 0.354 e. The van der Waals surface area contributed by atoms with E-state index in [4.69, 9.17) is 10.8 Å². The van der Waals surface area contributed by atoms with Gasteiger partial charge in [-0.1, -0.05) is 0 Å². The van der Waals surface area contributed by atoms with Crippen LogP contribution >= 0.6 is 0 Å². The van der Waals surface area contributed by atoms with Crippen LogP contribution in [-0.2, 0) is 0 Å². The van der Waals surface area contributed by atoms with E-state index in [0.717, 1.165) is 5.69 Å². The van der Waals surface area contributed by atoms with Crippen LogP contribution in [-0.4, -0.2) is 31.2 Å². The van der Waals surface area contributed by atoms with E-state index in [9.17, 15) is 4.79 Å². The van der Waals surface area contributed by atoms with E-state index in [1.807, 2.05) is 6.92 Å². The Kier molecular flexibility index (Phi) is 2.61. The number of carboxylic acids is 1. The predicted octanol–water partition coefficient (Wildman–Crippen LogP) is 0.532. The van der Waals surface area contributed by atoms with Crippen LogP contribution in [0.15, 0.2) is 12.1 Å². The predicted molar refractivity (Wildman–Crippen MR) is 60.0 cm³/mol. The molecule has 0 spiro atoms. The number of anilines is 3. The number of nitrogens with zero attached hydrogens (tertiary/aromatic N) is 3. The number of hydrogen-bond acceptors (Lipinski definition) is 6. The smallest absolute Gasteiger partial charge is 0.354 e. The Balaban J connectivity index is 2.29. The number of aromatic carboxylic acids is 1. The normalized spacial score (nSPS) is 10.2. The Morgan fingerprint density at radius 3 is 2.76 bits per heavy atom. The summed E-state index contributed by atoms with van der Waals surface area (Å²) in [6.45, 7) is 1.84. The summed E-state index contributed by atoms with van der Waals surface area (Å²) in [5.74, 6) is -0.474. The van der Waals surface area contributed by atoms with Gasteiger partial charge in [-0.25, -0.2) is 9.78 Å². The molecule has 0 unspecified atom stereocenters. The molecule has 0 radical (unpaired) electrons. The number of nitrogens with one attached hydrogen (secondary N) is 2. The maximum absolute atomic E-state index is 10.8. The first kappa shape index (κ1) is 10.9. The molecule has 0 aliphatic heterocycles. The van der Waals surface area contributed by atoms with Crippen LogP contribution in [0.1, 0.15) is 16.2 Å². The topological polar surface area (TPSA) is 130 Å². The van der Waals surface area contributed by atoms with Crippen LogP contribution < -0.4 is 11.1 Å². The fraction of sp³-hybridized carbons (Fsp3) is 0.111. The first-order chi connectivity index (χ1) is 8.04. The molecule has 0 aromatic carbocycles. The van der Waals surface area contributed by atoms with E-state index in [2.05, 4.69) is 25.5 Å². The summed E-state index contributed by atoms with van der Waals surface area (Å²) in [5.41, 5.74) is 6.10. The molecular formula is C9H10N6O2. The van der Waals surface area contributed by atoms with Crippen molar-refractivity contribution in [2.75, 3.05) is 11.1 Å². The molecule has 17 heavy (non-hydrogen) atoms. The zero-order chi connectivity index (χ0) is 12.4. The van der Waals surface area contributed by atoms with Gasteiger partial charge in [-0.05, 0) is 6.92 Å². The lowest BCUT2D eigenvalue weighted by Crippen LogP contribution is -2.07. The molecule has 2 heterocycles. The number of rotatable bonds is 3. The number of nitrogens with two attached hydrogens (primary N) is 1. The van der Waals surface area contributed by atoms with Crippen LogP contribution in [0.2, 0.25) is 0 Å². The van der Waals surface area contributed by atoms with Gasteiger partial charge in [-0.15, -0.1) is 0 Å². The molecule has 5 N–H and O–H groups in total. The second-order valence-corrected chi connectivity index (χ2v) is 3.36. The Morgan fingerprint density at radius 2 is 2.18 bits per heavy atom. The molecule has 8 heteroatoms. The third-order valence-electron chi connectivity index (χ3n) is 1.92. The number of hydrogen-bond donors (Lipinski definition) is 4. The average molecular weight is 234 g/mol. The van der Waals surface area contributed by atoms with Crippen molar-refractivity contribution in [1.82, 2.24) is 20.2 Å². The number of carboxylic acid groups (broad SMARTS) is 1. The quantitative estimate of drug-likeness (QED) is 0.609. The summed E-state index contributed by atoms with van der Waals surface area (Å²) < 4.78 is 0.